The number of nitrogen functional groups attached to an aromatic ring is 1. The molecule has 0 aliphatic carbocycles. The second kappa shape index (κ2) is 4.91. The summed E-state index contributed by atoms with van der Waals surface area (Å²) < 4.78 is 5.16. The molecule has 0 bridgehead atoms. The standard InChI is InChI=1S/C11H12ClN3OS/c1-6-3-10(16-2)8(12)4-7(6)9-5-17-11(14-9)15-13/h3-5H,13H2,1-2H3,(H,14,15). The summed E-state index contributed by atoms with van der Waals surface area (Å²) in [7, 11) is 1.60. The van der Waals surface area contributed by atoms with Crippen molar-refractivity contribution in [3.63, 3.8) is 0 Å². The Morgan fingerprint density at radius 3 is 2.82 bits per heavy atom. The van der Waals surface area contributed by atoms with Gasteiger partial charge in [0.1, 0.15) is 5.75 Å². The topological polar surface area (TPSA) is 60.2 Å². The van der Waals surface area contributed by atoms with Crippen molar-refractivity contribution >= 4 is 28.1 Å². The lowest BCUT2D eigenvalue weighted by Crippen LogP contribution is -2.05. The van der Waals surface area contributed by atoms with Crippen molar-refractivity contribution in [2.24, 2.45) is 5.84 Å². The molecular formula is C11H12ClN3OS. The molecule has 1 aromatic carbocycles. The fraction of sp³-hybridized carbons (Fsp3) is 0.182. The number of nitrogens with zero attached hydrogens (tertiary/aromatic N) is 1. The highest BCUT2D eigenvalue weighted by Gasteiger charge is 2.10. The molecule has 0 spiro atoms. The number of nitrogens with two attached hydrogens (primary N) is 1. The number of hydrogen-bond acceptors (Lipinski definition) is 5. The summed E-state index contributed by atoms with van der Waals surface area (Å²) >= 11 is 7.55. The van der Waals surface area contributed by atoms with Gasteiger partial charge in [-0.15, -0.1) is 11.3 Å². The molecule has 1 heterocycles. The molecule has 17 heavy (non-hydrogen) atoms. The first-order valence-electron chi connectivity index (χ1n) is 4.92. The molecule has 0 amide bonds. The van der Waals surface area contributed by atoms with Gasteiger partial charge in [-0.25, -0.2) is 10.8 Å². The molecule has 0 saturated carbocycles. The van der Waals surface area contributed by atoms with Crippen molar-refractivity contribution in [3.05, 3.63) is 28.1 Å². The van der Waals surface area contributed by atoms with E-state index in [-0.39, 0.29) is 0 Å². The summed E-state index contributed by atoms with van der Waals surface area (Å²) in [6.45, 7) is 1.99. The fourth-order valence-electron chi connectivity index (χ4n) is 1.55. The summed E-state index contributed by atoms with van der Waals surface area (Å²) in [6.07, 6.45) is 0. The number of hydrogen-bond donors (Lipinski definition) is 2. The molecule has 4 nitrogen and oxygen atoms in total. The average Bonchev–Trinajstić information content (AvgIpc) is 2.80. The molecule has 0 saturated heterocycles. The minimum atomic E-state index is 0.573. The number of halogens is 1. The molecule has 0 unspecified atom stereocenters. The van der Waals surface area contributed by atoms with Crippen LogP contribution in [0.25, 0.3) is 11.3 Å². The number of rotatable bonds is 3. The number of aromatic nitrogens is 1. The molecule has 0 radical (unpaired) electrons. The highest BCUT2D eigenvalue weighted by Crippen LogP contribution is 2.34. The highest BCUT2D eigenvalue weighted by molar-refractivity contribution is 7.14. The Labute approximate surface area is 108 Å². The molecular weight excluding hydrogens is 258 g/mol. The van der Waals surface area contributed by atoms with Gasteiger partial charge in [0.15, 0.2) is 5.13 Å². The van der Waals surface area contributed by atoms with Crippen molar-refractivity contribution in [1.82, 2.24) is 4.98 Å². The Morgan fingerprint density at radius 1 is 1.47 bits per heavy atom. The Balaban J connectivity index is 2.48. The van der Waals surface area contributed by atoms with E-state index < -0.39 is 0 Å². The lowest BCUT2D eigenvalue weighted by atomic mass is 10.1. The molecule has 0 fully saturated rings. The predicted molar refractivity (Wildman–Crippen MR) is 71.7 cm³/mol. The maximum atomic E-state index is 6.10. The van der Waals surface area contributed by atoms with Crippen molar-refractivity contribution in [3.8, 4) is 17.0 Å². The summed E-state index contributed by atoms with van der Waals surface area (Å²) in [5.74, 6) is 5.97. The van der Waals surface area contributed by atoms with Gasteiger partial charge in [-0.2, -0.15) is 0 Å². The van der Waals surface area contributed by atoms with E-state index in [4.69, 9.17) is 22.2 Å². The lowest BCUT2D eigenvalue weighted by Gasteiger charge is -2.08. The van der Waals surface area contributed by atoms with E-state index in [2.05, 4.69) is 10.4 Å². The smallest absolute Gasteiger partial charge is 0.197 e. The number of ether oxygens (including phenoxy) is 1. The van der Waals surface area contributed by atoms with Crippen LogP contribution in [0.4, 0.5) is 5.13 Å². The van der Waals surface area contributed by atoms with E-state index in [0.29, 0.717) is 15.9 Å². The zero-order chi connectivity index (χ0) is 12.4. The molecule has 3 N–H and O–H groups in total. The van der Waals surface area contributed by atoms with Crippen LogP contribution in [0.5, 0.6) is 5.75 Å². The monoisotopic (exact) mass is 269 g/mol. The molecule has 0 aliphatic heterocycles. The normalized spacial score (nSPS) is 10.4. The van der Waals surface area contributed by atoms with Crippen LogP contribution in [0.2, 0.25) is 5.02 Å². The first-order chi connectivity index (χ1) is 8.15. The van der Waals surface area contributed by atoms with Crippen LogP contribution in [0.1, 0.15) is 5.56 Å². The molecule has 1 aromatic heterocycles. The van der Waals surface area contributed by atoms with E-state index in [1.54, 1.807) is 7.11 Å². The fourth-order valence-corrected chi connectivity index (χ4v) is 2.41. The molecule has 0 atom stereocenters. The van der Waals surface area contributed by atoms with Gasteiger partial charge in [-0.05, 0) is 24.6 Å². The molecule has 2 aromatic rings. The van der Waals surface area contributed by atoms with Gasteiger partial charge in [-0.1, -0.05) is 11.6 Å². The first-order valence-corrected chi connectivity index (χ1v) is 6.18. The summed E-state index contributed by atoms with van der Waals surface area (Å²) in [5.41, 5.74) is 5.41. The van der Waals surface area contributed by atoms with Crippen LogP contribution >= 0.6 is 22.9 Å². The molecule has 2 rings (SSSR count). The van der Waals surface area contributed by atoms with Gasteiger partial charge < -0.3 is 4.74 Å². The number of nitrogens with one attached hydrogen (secondary N) is 1. The Hall–Kier alpha value is -1.30. The minimum absolute atomic E-state index is 0.573. The third-order valence-corrected chi connectivity index (χ3v) is 3.47. The Kier molecular flexibility index (Phi) is 3.51. The van der Waals surface area contributed by atoms with Crippen LogP contribution in [0, 0.1) is 6.92 Å². The van der Waals surface area contributed by atoms with Crippen LogP contribution < -0.4 is 16.0 Å². The van der Waals surface area contributed by atoms with Gasteiger partial charge in [0, 0.05) is 10.9 Å². The van der Waals surface area contributed by atoms with Crippen LogP contribution in [0.15, 0.2) is 17.5 Å². The molecule has 0 aliphatic rings. The number of anilines is 1. The highest BCUT2D eigenvalue weighted by atomic mass is 35.5. The number of benzene rings is 1. The van der Waals surface area contributed by atoms with Crippen molar-refractivity contribution in [1.29, 1.82) is 0 Å². The number of thiazole rings is 1. The summed E-state index contributed by atoms with van der Waals surface area (Å²) in [4.78, 5) is 4.34. The third-order valence-electron chi connectivity index (χ3n) is 2.40. The number of aryl methyl sites for hydroxylation is 1. The van der Waals surface area contributed by atoms with Crippen molar-refractivity contribution < 1.29 is 4.74 Å². The van der Waals surface area contributed by atoms with Crippen LogP contribution in [-0.4, -0.2) is 12.1 Å². The maximum absolute atomic E-state index is 6.10. The largest absolute Gasteiger partial charge is 0.495 e. The Morgan fingerprint density at radius 2 is 2.24 bits per heavy atom. The maximum Gasteiger partial charge on any atom is 0.197 e. The molecule has 6 heteroatoms. The van der Waals surface area contributed by atoms with Gasteiger partial charge in [0.2, 0.25) is 0 Å². The SMILES string of the molecule is COc1cc(C)c(-c2csc(NN)n2)cc1Cl. The average molecular weight is 270 g/mol. The van der Waals surface area contributed by atoms with E-state index in [9.17, 15) is 0 Å². The van der Waals surface area contributed by atoms with Gasteiger partial charge >= 0.3 is 0 Å². The van der Waals surface area contributed by atoms with E-state index >= 15 is 0 Å². The number of hydrazine groups is 1. The van der Waals surface area contributed by atoms with E-state index in [1.165, 1.54) is 11.3 Å². The number of methoxy groups -OCH3 is 1. The lowest BCUT2D eigenvalue weighted by molar-refractivity contribution is 0.415. The van der Waals surface area contributed by atoms with E-state index in [0.717, 1.165) is 16.8 Å². The minimum Gasteiger partial charge on any atom is -0.495 e. The van der Waals surface area contributed by atoms with E-state index in [1.807, 2.05) is 24.4 Å². The first kappa shape index (κ1) is 12.2. The molecule has 90 valence electrons. The second-order valence-electron chi connectivity index (χ2n) is 3.48. The quantitative estimate of drug-likeness (QED) is 0.664. The van der Waals surface area contributed by atoms with Crippen molar-refractivity contribution in [2.45, 2.75) is 6.92 Å². The second-order valence-corrected chi connectivity index (χ2v) is 4.75. The third kappa shape index (κ3) is 2.36. The van der Waals surface area contributed by atoms with Gasteiger partial charge in [-0.3, -0.25) is 5.43 Å². The zero-order valence-corrected chi connectivity index (χ0v) is 11.0. The predicted octanol–water partition coefficient (Wildman–Crippen LogP) is 3.07. The van der Waals surface area contributed by atoms with Crippen LogP contribution in [-0.2, 0) is 0 Å². The van der Waals surface area contributed by atoms with Crippen LogP contribution in [0.3, 0.4) is 0 Å². The van der Waals surface area contributed by atoms with Gasteiger partial charge in [0.05, 0.1) is 17.8 Å². The Bertz CT molecular complexity index is 542. The summed E-state index contributed by atoms with van der Waals surface area (Å²) in [5, 5.41) is 3.18. The van der Waals surface area contributed by atoms with Gasteiger partial charge in [0.25, 0.3) is 0 Å². The van der Waals surface area contributed by atoms with Crippen molar-refractivity contribution in [2.75, 3.05) is 12.5 Å². The summed E-state index contributed by atoms with van der Waals surface area (Å²) in [6, 6.07) is 3.75. The zero-order valence-electron chi connectivity index (χ0n) is 9.45.